The highest BCUT2D eigenvalue weighted by Gasteiger charge is 2.34. The van der Waals surface area contributed by atoms with E-state index >= 15 is 0 Å². The Balaban J connectivity index is 1.68. The number of nitrogens with one attached hydrogen (secondary N) is 1. The number of hydrogen-bond acceptors (Lipinski definition) is 4. The number of hydrazone groups is 1. The molecule has 1 aliphatic heterocycles. The molecule has 4 rings (SSSR count). The molecule has 0 radical (unpaired) electrons. The molecule has 3 aromatic rings. The molecule has 1 amide bonds. The number of halogens is 1. The minimum Gasteiger partial charge on any atom is -0.343 e. The third kappa shape index (κ3) is 3.02. The van der Waals surface area contributed by atoms with Crippen molar-refractivity contribution in [2.75, 3.05) is 11.6 Å². The lowest BCUT2D eigenvalue weighted by Gasteiger charge is -2.19. The van der Waals surface area contributed by atoms with E-state index in [4.69, 9.17) is 0 Å². The van der Waals surface area contributed by atoms with E-state index in [1.54, 1.807) is 6.20 Å². The van der Waals surface area contributed by atoms with Gasteiger partial charge >= 0.3 is 0 Å². The van der Waals surface area contributed by atoms with Gasteiger partial charge in [0.1, 0.15) is 0 Å². The summed E-state index contributed by atoms with van der Waals surface area (Å²) in [5.41, 5.74) is 3.28. The van der Waals surface area contributed by atoms with E-state index in [1.807, 2.05) is 72.9 Å². The van der Waals surface area contributed by atoms with Gasteiger partial charge in [-0.1, -0.05) is 6.07 Å². The van der Waals surface area contributed by atoms with E-state index in [2.05, 4.69) is 31.3 Å². The van der Waals surface area contributed by atoms with E-state index in [-0.39, 0.29) is 11.4 Å². The zero-order chi connectivity index (χ0) is 19.2. The SMILES string of the molecule is CCN(/N=C/c1ccc2c(c1)C(C)(C)NC2=O)c1nccn2c(Br)ccc12. The Morgan fingerprint density at radius 1 is 1.33 bits per heavy atom. The average Bonchev–Trinajstić information content (AvgIpc) is 3.13. The molecule has 0 fully saturated rings. The van der Waals surface area contributed by atoms with Gasteiger partial charge in [-0.3, -0.25) is 4.79 Å². The molecule has 1 aromatic carbocycles. The third-order valence-corrected chi connectivity index (χ3v) is 5.43. The van der Waals surface area contributed by atoms with Crippen molar-refractivity contribution in [3.05, 3.63) is 64.0 Å². The fraction of sp³-hybridized carbons (Fsp3) is 0.250. The molecule has 2 aromatic heterocycles. The lowest BCUT2D eigenvalue weighted by atomic mass is 9.93. The molecule has 0 aliphatic carbocycles. The Hall–Kier alpha value is -2.67. The summed E-state index contributed by atoms with van der Waals surface area (Å²) in [6.07, 6.45) is 5.49. The van der Waals surface area contributed by atoms with Crippen LogP contribution in [0.15, 0.2) is 52.4 Å². The maximum absolute atomic E-state index is 12.0. The lowest BCUT2D eigenvalue weighted by molar-refractivity contribution is 0.0940. The molecule has 0 spiro atoms. The summed E-state index contributed by atoms with van der Waals surface area (Å²) < 4.78 is 3.00. The smallest absolute Gasteiger partial charge is 0.252 e. The standard InChI is InChI=1S/C20H20BrN5O/c1-4-26(18-16-7-8-17(21)25(16)10-9-22-18)23-12-13-5-6-14-15(11-13)20(2,3)24-19(14)27/h5-12H,4H2,1-3H3,(H,24,27)/b23-12+. The molecular weight excluding hydrogens is 406 g/mol. The highest BCUT2D eigenvalue weighted by molar-refractivity contribution is 9.10. The van der Waals surface area contributed by atoms with Gasteiger partial charge in [0.15, 0.2) is 5.82 Å². The first kappa shape index (κ1) is 17.7. The molecule has 6 nitrogen and oxygen atoms in total. The van der Waals surface area contributed by atoms with Crippen LogP contribution in [0.3, 0.4) is 0 Å². The molecule has 0 bridgehead atoms. The van der Waals surface area contributed by atoms with Crippen molar-refractivity contribution >= 4 is 39.4 Å². The summed E-state index contributed by atoms with van der Waals surface area (Å²) in [7, 11) is 0. The number of fused-ring (bicyclic) bond motifs is 2. The summed E-state index contributed by atoms with van der Waals surface area (Å²) in [5, 5.41) is 9.51. The molecule has 0 saturated heterocycles. The van der Waals surface area contributed by atoms with Gasteiger partial charge < -0.3 is 9.72 Å². The maximum atomic E-state index is 12.0. The molecule has 1 N–H and O–H groups in total. The van der Waals surface area contributed by atoms with Crippen molar-refractivity contribution in [2.24, 2.45) is 5.10 Å². The van der Waals surface area contributed by atoms with E-state index in [0.29, 0.717) is 6.54 Å². The molecule has 7 heteroatoms. The maximum Gasteiger partial charge on any atom is 0.252 e. The number of benzene rings is 1. The van der Waals surface area contributed by atoms with E-state index in [1.165, 1.54) is 0 Å². The highest BCUT2D eigenvalue weighted by Crippen LogP contribution is 2.31. The van der Waals surface area contributed by atoms with Crippen LogP contribution >= 0.6 is 15.9 Å². The second-order valence-corrected chi connectivity index (χ2v) is 7.82. The zero-order valence-electron chi connectivity index (χ0n) is 15.4. The van der Waals surface area contributed by atoms with Crippen molar-refractivity contribution < 1.29 is 4.79 Å². The number of anilines is 1. The first-order chi connectivity index (χ1) is 12.9. The number of amides is 1. The number of carbonyl (C=O) groups excluding carboxylic acids is 1. The topological polar surface area (TPSA) is 62.0 Å². The first-order valence-corrected chi connectivity index (χ1v) is 9.60. The van der Waals surface area contributed by atoms with Crippen molar-refractivity contribution in [3.63, 3.8) is 0 Å². The molecule has 3 heterocycles. The van der Waals surface area contributed by atoms with Crippen LogP contribution in [0.1, 0.15) is 42.3 Å². The molecular formula is C20H20BrN5O. The number of hydrogen-bond donors (Lipinski definition) is 1. The Labute approximate surface area is 166 Å². The highest BCUT2D eigenvalue weighted by atomic mass is 79.9. The fourth-order valence-corrected chi connectivity index (χ4v) is 3.83. The largest absolute Gasteiger partial charge is 0.343 e. The molecule has 0 atom stereocenters. The number of carbonyl (C=O) groups is 1. The van der Waals surface area contributed by atoms with Crippen LogP contribution in [0, 0.1) is 0 Å². The second kappa shape index (κ2) is 6.49. The molecule has 27 heavy (non-hydrogen) atoms. The first-order valence-electron chi connectivity index (χ1n) is 8.81. The predicted molar refractivity (Wildman–Crippen MR) is 110 cm³/mol. The minimum atomic E-state index is -0.369. The molecule has 0 unspecified atom stereocenters. The van der Waals surface area contributed by atoms with Gasteiger partial charge in [0, 0.05) is 24.5 Å². The summed E-state index contributed by atoms with van der Waals surface area (Å²) in [6.45, 7) is 6.73. The van der Waals surface area contributed by atoms with Crippen LogP contribution in [0.5, 0.6) is 0 Å². The van der Waals surface area contributed by atoms with Crippen LogP contribution in [-0.4, -0.2) is 28.1 Å². The number of nitrogens with zero attached hydrogens (tertiary/aromatic N) is 4. The Bertz CT molecular complexity index is 1070. The van der Waals surface area contributed by atoms with Gasteiger partial charge in [-0.05, 0) is 72.1 Å². The van der Waals surface area contributed by atoms with Crippen molar-refractivity contribution in [3.8, 4) is 0 Å². The van der Waals surface area contributed by atoms with Gasteiger partial charge in [0.2, 0.25) is 0 Å². The zero-order valence-corrected chi connectivity index (χ0v) is 17.0. The third-order valence-electron chi connectivity index (χ3n) is 4.79. The normalized spacial score (nSPS) is 15.3. The van der Waals surface area contributed by atoms with E-state index < -0.39 is 0 Å². The second-order valence-electron chi connectivity index (χ2n) is 7.01. The van der Waals surface area contributed by atoms with Gasteiger partial charge in [0.05, 0.1) is 21.9 Å². The fourth-order valence-electron chi connectivity index (χ4n) is 3.39. The average molecular weight is 426 g/mol. The summed E-state index contributed by atoms with van der Waals surface area (Å²) in [4.78, 5) is 16.6. The monoisotopic (exact) mass is 425 g/mol. The Kier molecular flexibility index (Phi) is 4.26. The van der Waals surface area contributed by atoms with Crippen molar-refractivity contribution in [2.45, 2.75) is 26.3 Å². The molecule has 138 valence electrons. The Morgan fingerprint density at radius 2 is 2.15 bits per heavy atom. The van der Waals surface area contributed by atoms with Crippen molar-refractivity contribution in [1.29, 1.82) is 0 Å². The quantitative estimate of drug-likeness (QED) is 0.508. The predicted octanol–water partition coefficient (Wildman–Crippen LogP) is 3.94. The summed E-state index contributed by atoms with van der Waals surface area (Å²) in [6, 6.07) is 9.80. The van der Waals surface area contributed by atoms with Gasteiger partial charge in [0.25, 0.3) is 5.91 Å². The molecule has 0 saturated carbocycles. The minimum absolute atomic E-state index is 0.0247. The van der Waals surface area contributed by atoms with E-state index in [0.717, 1.165) is 32.6 Å². The van der Waals surface area contributed by atoms with Crippen LogP contribution in [0.4, 0.5) is 5.82 Å². The van der Waals surface area contributed by atoms with Gasteiger partial charge in [-0.15, -0.1) is 0 Å². The van der Waals surface area contributed by atoms with Gasteiger partial charge in [-0.2, -0.15) is 5.10 Å². The number of rotatable bonds is 4. The lowest BCUT2D eigenvalue weighted by Crippen LogP contribution is -2.32. The van der Waals surface area contributed by atoms with Crippen LogP contribution < -0.4 is 10.3 Å². The summed E-state index contributed by atoms with van der Waals surface area (Å²) >= 11 is 3.54. The van der Waals surface area contributed by atoms with Crippen LogP contribution in [0.2, 0.25) is 0 Å². The van der Waals surface area contributed by atoms with Gasteiger partial charge in [-0.25, -0.2) is 9.99 Å². The van der Waals surface area contributed by atoms with Crippen LogP contribution in [0.25, 0.3) is 5.52 Å². The number of aromatic nitrogens is 2. The van der Waals surface area contributed by atoms with Crippen LogP contribution in [-0.2, 0) is 5.54 Å². The van der Waals surface area contributed by atoms with E-state index in [9.17, 15) is 4.79 Å². The Morgan fingerprint density at radius 3 is 2.93 bits per heavy atom. The van der Waals surface area contributed by atoms with Crippen molar-refractivity contribution in [1.82, 2.24) is 14.7 Å². The summed E-state index contributed by atoms with van der Waals surface area (Å²) in [5.74, 6) is 0.767. The molecule has 1 aliphatic rings.